The fourth-order valence-corrected chi connectivity index (χ4v) is 2.77. The molecule has 0 radical (unpaired) electrons. The number of aryl methyl sites for hydroxylation is 2. The van der Waals surface area contributed by atoms with Crippen LogP contribution in [0.25, 0.3) is 0 Å². The summed E-state index contributed by atoms with van der Waals surface area (Å²) >= 11 is 6.12. The zero-order valence-corrected chi connectivity index (χ0v) is 17.8. The van der Waals surface area contributed by atoms with Gasteiger partial charge in [0.2, 0.25) is 0 Å². The Balaban J connectivity index is 1.44. The van der Waals surface area contributed by atoms with Crippen LogP contribution in [0.4, 0.5) is 0 Å². The van der Waals surface area contributed by atoms with Gasteiger partial charge in [0, 0.05) is 5.02 Å². The van der Waals surface area contributed by atoms with Crippen molar-refractivity contribution in [3.8, 4) is 17.6 Å². The van der Waals surface area contributed by atoms with Gasteiger partial charge in [-0.3, -0.25) is 4.79 Å². The Morgan fingerprint density at radius 1 is 1.13 bits per heavy atom. The number of nitrogens with one attached hydrogen (secondary N) is 1. The monoisotopic (exact) mass is 437 g/mol. The molecule has 7 nitrogen and oxygen atoms in total. The number of hydrazone groups is 1. The van der Waals surface area contributed by atoms with Crippen molar-refractivity contribution < 1.29 is 18.7 Å². The van der Waals surface area contributed by atoms with Crippen LogP contribution >= 0.6 is 11.6 Å². The zero-order valence-electron chi connectivity index (χ0n) is 17.0. The summed E-state index contributed by atoms with van der Waals surface area (Å²) < 4.78 is 16.7. The van der Waals surface area contributed by atoms with E-state index in [2.05, 4.69) is 16.6 Å². The highest BCUT2D eigenvalue weighted by molar-refractivity contribution is 6.32. The van der Waals surface area contributed by atoms with Crippen molar-refractivity contribution in [2.75, 3.05) is 6.61 Å². The van der Waals surface area contributed by atoms with Crippen LogP contribution < -0.4 is 14.9 Å². The second kappa shape index (κ2) is 10.3. The smallest absolute Gasteiger partial charge is 0.277 e. The minimum atomic E-state index is -0.405. The topological polar surface area (TPSA) is 96.9 Å². The third-order valence-electron chi connectivity index (χ3n) is 4.21. The number of benzene rings is 2. The van der Waals surface area contributed by atoms with E-state index < -0.39 is 5.91 Å². The van der Waals surface area contributed by atoms with Crippen molar-refractivity contribution in [2.24, 2.45) is 5.10 Å². The molecule has 0 unspecified atom stereocenters. The van der Waals surface area contributed by atoms with E-state index in [9.17, 15) is 4.79 Å². The summed E-state index contributed by atoms with van der Waals surface area (Å²) in [7, 11) is 0. The fraction of sp³-hybridized carbons (Fsp3) is 0.174. The minimum absolute atomic E-state index is 0.181. The first-order valence-electron chi connectivity index (χ1n) is 9.37. The van der Waals surface area contributed by atoms with Gasteiger partial charge in [-0.15, -0.1) is 0 Å². The van der Waals surface area contributed by atoms with Crippen molar-refractivity contribution in [3.05, 3.63) is 81.8 Å². The van der Waals surface area contributed by atoms with Crippen molar-refractivity contribution in [1.82, 2.24) is 5.43 Å². The normalized spacial score (nSPS) is 10.6. The van der Waals surface area contributed by atoms with Gasteiger partial charge in [0.1, 0.15) is 29.6 Å². The van der Waals surface area contributed by atoms with Crippen molar-refractivity contribution in [2.45, 2.75) is 20.5 Å². The van der Waals surface area contributed by atoms with Gasteiger partial charge in [0.15, 0.2) is 6.61 Å². The van der Waals surface area contributed by atoms with Crippen LogP contribution in [0.1, 0.15) is 28.2 Å². The number of halogens is 1. The highest BCUT2D eigenvalue weighted by Gasteiger charge is 2.07. The lowest BCUT2D eigenvalue weighted by atomic mass is 10.1. The number of hydrogen-bond acceptors (Lipinski definition) is 6. The summed E-state index contributed by atoms with van der Waals surface area (Å²) in [5, 5.41) is 13.3. The van der Waals surface area contributed by atoms with Gasteiger partial charge in [-0.25, -0.2) is 5.43 Å². The maximum atomic E-state index is 11.9. The molecule has 2 aromatic carbocycles. The molecule has 31 heavy (non-hydrogen) atoms. The van der Waals surface area contributed by atoms with E-state index in [1.165, 1.54) is 6.21 Å². The Kier molecular flexibility index (Phi) is 7.31. The Morgan fingerprint density at radius 3 is 2.52 bits per heavy atom. The molecule has 0 spiro atoms. The van der Waals surface area contributed by atoms with E-state index in [-0.39, 0.29) is 13.2 Å². The number of rotatable bonds is 8. The van der Waals surface area contributed by atoms with Crippen LogP contribution in [0.3, 0.4) is 0 Å². The van der Waals surface area contributed by atoms with E-state index in [0.29, 0.717) is 33.6 Å². The molecule has 0 aliphatic carbocycles. The summed E-state index contributed by atoms with van der Waals surface area (Å²) in [5.41, 5.74) is 4.71. The number of carbonyl (C=O) groups excluding carboxylic acids is 1. The molecule has 0 aliphatic heterocycles. The molecular weight excluding hydrogens is 418 g/mol. The Morgan fingerprint density at radius 2 is 1.84 bits per heavy atom. The van der Waals surface area contributed by atoms with Crippen LogP contribution in [-0.4, -0.2) is 18.7 Å². The second-order valence-corrected chi connectivity index (χ2v) is 7.06. The fourth-order valence-electron chi connectivity index (χ4n) is 2.66. The van der Waals surface area contributed by atoms with Gasteiger partial charge in [0.25, 0.3) is 5.91 Å². The molecule has 1 aromatic heterocycles. The Bertz CT molecular complexity index is 1110. The predicted octanol–water partition coefficient (Wildman–Crippen LogP) is 4.53. The summed E-state index contributed by atoms with van der Waals surface area (Å²) in [6.45, 7) is 3.79. The number of nitriles is 1. The predicted molar refractivity (Wildman–Crippen MR) is 116 cm³/mol. The SMILES string of the molecule is Cc1cc(OCC(=O)N/N=C\c2ccc(COc3ccc(C#N)cc3)o2)cc(C)c1Cl. The molecule has 0 saturated heterocycles. The number of furan rings is 1. The van der Waals surface area contributed by atoms with Crippen LogP contribution in [0, 0.1) is 25.2 Å². The van der Waals surface area contributed by atoms with E-state index >= 15 is 0 Å². The molecule has 1 N–H and O–H groups in total. The number of carbonyl (C=O) groups is 1. The highest BCUT2D eigenvalue weighted by atomic mass is 35.5. The van der Waals surface area contributed by atoms with Crippen molar-refractivity contribution >= 4 is 23.7 Å². The molecule has 8 heteroatoms. The molecule has 0 aliphatic rings. The van der Waals surface area contributed by atoms with Gasteiger partial charge >= 0.3 is 0 Å². The molecule has 3 rings (SSSR count). The summed E-state index contributed by atoms with van der Waals surface area (Å²) in [6, 6.07) is 15.8. The lowest BCUT2D eigenvalue weighted by Crippen LogP contribution is -2.24. The lowest BCUT2D eigenvalue weighted by molar-refractivity contribution is -0.123. The van der Waals surface area contributed by atoms with Gasteiger partial charge in [-0.1, -0.05) is 11.6 Å². The van der Waals surface area contributed by atoms with Crippen molar-refractivity contribution in [1.29, 1.82) is 5.26 Å². The molecular formula is C23H20ClN3O4. The molecule has 0 fully saturated rings. The Hall–Kier alpha value is -3.76. The van der Waals surface area contributed by atoms with Crippen LogP contribution in [0.5, 0.6) is 11.5 Å². The molecule has 0 saturated carbocycles. The lowest BCUT2D eigenvalue weighted by Gasteiger charge is -2.09. The number of nitrogens with zero attached hydrogens (tertiary/aromatic N) is 2. The van der Waals surface area contributed by atoms with Crippen LogP contribution in [-0.2, 0) is 11.4 Å². The van der Waals surface area contributed by atoms with Gasteiger partial charge in [-0.05, 0) is 73.5 Å². The maximum Gasteiger partial charge on any atom is 0.277 e. The molecule has 158 valence electrons. The minimum Gasteiger partial charge on any atom is -0.486 e. The standard InChI is InChI=1S/C23H20ClN3O4/c1-15-9-21(10-16(2)23(15)24)30-14-22(28)27-26-12-19-7-8-20(31-19)13-29-18-5-3-17(11-25)4-6-18/h3-10,12H,13-14H2,1-2H3,(H,27,28)/b26-12-. The molecule has 1 amide bonds. The molecule has 3 aromatic rings. The third-order valence-corrected chi connectivity index (χ3v) is 4.80. The number of amides is 1. The number of ether oxygens (including phenoxy) is 2. The Labute approximate surface area is 184 Å². The molecule has 0 bridgehead atoms. The van der Waals surface area contributed by atoms with Gasteiger partial charge < -0.3 is 13.9 Å². The second-order valence-electron chi connectivity index (χ2n) is 6.68. The van der Waals surface area contributed by atoms with Gasteiger partial charge in [-0.2, -0.15) is 10.4 Å². The molecule has 0 atom stereocenters. The third kappa shape index (κ3) is 6.36. The largest absolute Gasteiger partial charge is 0.486 e. The maximum absolute atomic E-state index is 11.9. The molecule has 1 heterocycles. The first-order valence-corrected chi connectivity index (χ1v) is 9.75. The van der Waals surface area contributed by atoms with E-state index in [1.807, 2.05) is 13.8 Å². The average Bonchev–Trinajstić information content (AvgIpc) is 3.22. The number of hydrogen-bond donors (Lipinski definition) is 1. The van der Waals surface area contributed by atoms with Crippen LogP contribution in [0.2, 0.25) is 5.02 Å². The highest BCUT2D eigenvalue weighted by Crippen LogP contribution is 2.25. The van der Waals surface area contributed by atoms with Crippen LogP contribution in [0.15, 0.2) is 58.0 Å². The zero-order chi connectivity index (χ0) is 22.2. The van der Waals surface area contributed by atoms with Crippen molar-refractivity contribution in [3.63, 3.8) is 0 Å². The van der Waals surface area contributed by atoms with Gasteiger partial charge in [0.05, 0.1) is 17.8 Å². The van der Waals surface area contributed by atoms with E-state index in [4.69, 9.17) is 30.8 Å². The summed E-state index contributed by atoms with van der Waals surface area (Å²) in [6.07, 6.45) is 1.39. The summed E-state index contributed by atoms with van der Waals surface area (Å²) in [5.74, 6) is 1.84. The first-order chi connectivity index (χ1) is 14.9. The van der Waals surface area contributed by atoms with E-state index in [0.717, 1.165) is 11.1 Å². The summed E-state index contributed by atoms with van der Waals surface area (Å²) in [4.78, 5) is 11.9. The van der Waals surface area contributed by atoms with E-state index in [1.54, 1.807) is 48.5 Å². The quantitative estimate of drug-likeness (QED) is 0.412. The average molecular weight is 438 g/mol. The first kappa shape index (κ1) is 21.9.